The summed E-state index contributed by atoms with van der Waals surface area (Å²) in [6.07, 6.45) is -0.704. The smallest absolute Gasteiger partial charge is 0.131 e. The lowest BCUT2D eigenvalue weighted by molar-refractivity contribution is -0.0429. The van der Waals surface area contributed by atoms with Crippen LogP contribution in [-0.2, 0) is 0 Å². The number of halogens is 1. The van der Waals surface area contributed by atoms with Gasteiger partial charge < -0.3 is 9.84 Å². The van der Waals surface area contributed by atoms with Crippen LogP contribution in [0.5, 0.6) is 5.75 Å². The van der Waals surface area contributed by atoms with Gasteiger partial charge in [-0.3, -0.25) is 0 Å². The summed E-state index contributed by atoms with van der Waals surface area (Å²) in [5.41, 5.74) is 0.697. The van der Waals surface area contributed by atoms with E-state index in [0.29, 0.717) is 16.3 Å². The Morgan fingerprint density at radius 1 is 1.22 bits per heavy atom. The molecule has 1 aliphatic rings. The minimum absolute atomic E-state index is 0.219. The normalized spacial score (nSPS) is 21.9. The molecule has 0 saturated carbocycles. The molecule has 5 heteroatoms. The summed E-state index contributed by atoms with van der Waals surface area (Å²) in [7, 11) is 0. The first-order valence-electron chi connectivity index (χ1n) is 7.24. The van der Waals surface area contributed by atoms with Crippen molar-refractivity contribution in [2.24, 2.45) is 0 Å². The number of nitriles is 1. The van der Waals surface area contributed by atoms with Crippen molar-refractivity contribution in [3.63, 3.8) is 0 Å². The van der Waals surface area contributed by atoms with Gasteiger partial charge in [0.1, 0.15) is 17.5 Å². The summed E-state index contributed by atoms with van der Waals surface area (Å²) in [4.78, 5) is 1.00. The van der Waals surface area contributed by atoms with Crippen LogP contribution in [0.2, 0.25) is 5.02 Å². The fourth-order valence-corrected chi connectivity index (χ4v) is 4.08. The summed E-state index contributed by atoms with van der Waals surface area (Å²) in [6, 6.07) is 15.0. The molecule has 1 heterocycles. The summed E-state index contributed by atoms with van der Waals surface area (Å²) < 4.78 is 5.92. The first kappa shape index (κ1) is 16.2. The van der Waals surface area contributed by atoms with E-state index < -0.39 is 11.7 Å². The number of aliphatic hydroxyl groups is 1. The molecule has 0 aromatic heterocycles. The van der Waals surface area contributed by atoms with Gasteiger partial charge in [-0.2, -0.15) is 5.26 Å². The van der Waals surface area contributed by atoms with E-state index in [4.69, 9.17) is 21.6 Å². The van der Waals surface area contributed by atoms with Gasteiger partial charge >= 0.3 is 0 Å². The van der Waals surface area contributed by atoms with Crippen molar-refractivity contribution >= 4 is 23.4 Å². The quantitative estimate of drug-likeness (QED) is 0.865. The SMILES string of the molecule is CC1(C)Oc2ccc(C#N)cc2C(Sc2ccc(Cl)cc2)C1O. The standard InChI is InChI=1S/C18H16ClNO2S/c1-18(2)17(21)16(23-13-6-4-12(19)5-7-13)14-9-11(10-20)3-8-15(14)22-18/h3-9,16-17,21H,1-2H3. The second-order valence-corrected chi connectivity index (χ2v) is 7.66. The Bertz CT molecular complexity index is 768. The molecule has 3 nitrogen and oxygen atoms in total. The third-order valence-electron chi connectivity index (χ3n) is 3.89. The Morgan fingerprint density at radius 2 is 1.91 bits per heavy atom. The summed E-state index contributed by atoms with van der Waals surface area (Å²) in [5, 5.41) is 20.4. The van der Waals surface area contributed by atoms with Crippen LogP contribution in [0, 0.1) is 11.3 Å². The van der Waals surface area contributed by atoms with Gasteiger partial charge in [0.15, 0.2) is 0 Å². The average molecular weight is 346 g/mol. The maximum atomic E-state index is 10.8. The number of hydrogen-bond donors (Lipinski definition) is 1. The van der Waals surface area contributed by atoms with Crippen molar-refractivity contribution in [2.75, 3.05) is 0 Å². The van der Waals surface area contributed by atoms with Crippen molar-refractivity contribution in [1.82, 2.24) is 0 Å². The van der Waals surface area contributed by atoms with Gasteiger partial charge in [-0.1, -0.05) is 11.6 Å². The molecule has 2 atom stereocenters. The Hall–Kier alpha value is -1.67. The van der Waals surface area contributed by atoms with E-state index in [2.05, 4.69) is 6.07 Å². The molecule has 0 radical (unpaired) electrons. The van der Waals surface area contributed by atoms with Crippen molar-refractivity contribution < 1.29 is 9.84 Å². The van der Waals surface area contributed by atoms with E-state index in [-0.39, 0.29) is 5.25 Å². The molecule has 1 N–H and O–H groups in total. The molecular formula is C18H16ClNO2S. The highest BCUT2D eigenvalue weighted by Crippen LogP contribution is 2.49. The second-order valence-electron chi connectivity index (χ2n) is 6.01. The van der Waals surface area contributed by atoms with E-state index in [1.54, 1.807) is 30.0 Å². The molecular weight excluding hydrogens is 330 g/mol. The van der Waals surface area contributed by atoms with Gasteiger partial charge in [0, 0.05) is 15.5 Å². The lowest BCUT2D eigenvalue weighted by Crippen LogP contribution is -2.48. The van der Waals surface area contributed by atoms with Crippen molar-refractivity contribution in [1.29, 1.82) is 5.26 Å². The number of ether oxygens (including phenoxy) is 1. The molecule has 2 unspecified atom stereocenters. The van der Waals surface area contributed by atoms with Gasteiger partial charge in [0.25, 0.3) is 0 Å². The van der Waals surface area contributed by atoms with Crippen LogP contribution in [0.3, 0.4) is 0 Å². The molecule has 0 aliphatic carbocycles. The van der Waals surface area contributed by atoms with Gasteiger partial charge in [-0.15, -0.1) is 11.8 Å². The first-order valence-corrected chi connectivity index (χ1v) is 8.50. The molecule has 1 aliphatic heterocycles. The molecule has 3 rings (SSSR count). The number of fused-ring (bicyclic) bond motifs is 1. The third kappa shape index (κ3) is 3.18. The van der Waals surface area contributed by atoms with E-state index in [0.717, 1.165) is 10.5 Å². The Kier molecular flexibility index (Phi) is 4.29. The number of thioether (sulfide) groups is 1. The van der Waals surface area contributed by atoms with Crippen LogP contribution in [0.4, 0.5) is 0 Å². The van der Waals surface area contributed by atoms with Crippen LogP contribution in [0.25, 0.3) is 0 Å². The van der Waals surface area contributed by atoms with Crippen molar-refractivity contribution in [3.8, 4) is 11.8 Å². The van der Waals surface area contributed by atoms with Gasteiger partial charge in [-0.05, 0) is 56.3 Å². The predicted octanol–water partition coefficient (Wildman–Crippen LogP) is 4.58. The Morgan fingerprint density at radius 3 is 2.57 bits per heavy atom. The Balaban J connectivity index is 2.03. The number of nitrogens with zero attached hydrogens (tertiary/aromatic N) is 1. The number of rotatable bonds is 2. The summed E-state index contributed by atoms with van der Waals surface area (Å²) in [6.45, 7) is 3.74. The predicted molar refractivity (Wildman–Crippen MR) is 91.9 cm³/mol. The summed E-state index contributed by atoms with van der Waals surface area (Å²) >= 11 is 7.48. The van der Waals surface area contributed by atoms with Gasteiger partial charge in [-0.25, -0.2) is 0 Å². The molecule has 23 heavy (non-hydrogen) atoms. The lowest BCUT2D eigenvalue weighted by atomic mass is 9.90. The zero-order valence-corrected chi connectivity index (χ0v) is 14.4. The monoisotopic (exact) mass is 345 g/mol. The van der Waals surface area contributed by atoms with Crippen LogP contribution < -0.4 is 4.74 Å². The average Bonchev–Trinajstić information content (AvgIpc) is 2.53. The minimum atomic E-state index is -0.704. The van der Waals surface area contributed by atoms with Crippen LogP contribution in [0.1, 0.15) is 30.2 Å². The molecule has 2 aromatic carbocycles. The topological polar surface area (TPSA) is 53.2 Å². The number of aliphatic hydroxyl groups excluding tert-OH is 1. The molecule has 0 saturated heterocycles. The first-order chi connectivity index (χ1) is 10.9. The number of benzene rings is 2. The highest BCUT2D eigenvalue weighted by atomic mass is 35.5. The third-order valence-corrected chi connectivity index (χ3v) is 5.46. The van der Waals surface area contributed by atoms with Crippen LogP contribution in [0.15, 0.2) is 47.4 Å². The number of hydrogen-bond acceptors (Lipinski definition) is 4. The highest BCUT2D eigenvalue weighted by molar-refractivity contribution is 7.99. The van der Waals surface area contributed by atoms with Crippen LogP contribution in [-0.4, -0.2) is 16.8 Å². The van der Waals surface area contributed by atoms with E-state index >= 15 is 0 Å². The van der Waals surface area contributed by atoms with E-state index in [9.17, 15) is 5.11 Å². The zero-order chi connectivity index (χ0) is 16.6. The fraction of sp³-hybridized carbons (Fsp3) is 0.278. The minimum Gasteiger partial charge on any atom is -0.485 e. The van der Waals surface area contributed by atoms with Crippen molar-refractivity contribution in [2.45, 2.75) is 35.7 Å². The lowest BCUT2D eigenvalue weighted by Gasteiger charge is -2.41. The maximum Gasteiger partial charge on any atom is 0.131 e. The van der Waals surface area contributed by atoms with Gasteiger partial charge in [0.2, 0.25) is 0 Å². The molecule has 0 spiro atoms. The second kappa shape index (κ2) is 6.09. The fourth-order valence-electron chi connectivity index (χ4n) is 2.60. The van der Waals surface area contributed by atoms with Crippen molar-refractivity contribution in [3.05, 3.63) is 58.6 Å². The summed E-state index contributed by atoms with van der Waals surface area (Å²) in [5.74, 6) is 0.714. The van der Waals surface area contributed by atoms with Gasteiger partial charge in [0.05, 0.1) is 16.9 Å². The molecule has 2 aromatic rings. The van der Waals surface area contributed by atoms with E-state index in [1.807, 2.05) is 38.1 Å². The molecule has 0 bridgehead atoms. The molecule has 0 amide bonds. The maximum absolute atomic E-state index is 10.8. The largest absolute Gasteiger partial charge is 0.485 e. The van der Waals surface area contributed by atoms with E-state index in [1.165, 1.54) is 0 Å². The highest BCUT2D eigenvalue weighted by Gasteiger charge is 2.43. The zero-order valence-electron chi connectivity index (χ0n) is 12.8. The molecule has 118 valence electrons. The molecule has 0 fully saturated rings. The Labute approximate surface area is 144 Å². The van der Waals surface area contributed by atoms with Crippen LogP contribution >= 0.6 is 23.4 Å².